The van der Waals surface area contributed by atoms with Crippen LogP contribution in [0.2, 0.25) is 0 Å². The van der Waals surface area contributed by atoms with E-state index in [0.717, 1.165) is 24.4 Å². The Hall–Kier alpha value is -2.90. The van der Waals surface area contributed by atoms with Crippen molar-refractivity contribution in [3.8, 4) is 0 Å². The quantitative estimate of drug-likeness (QED) is 0.853. The van der Waals surface area contributed by atoms with Crippen molar-refractivity contribution in [3.63, 3.8) is 0 Å². The van der Waals surface area contributed by atoms with Gasteiger partial charge in [0, 0.05) is 6.20 Å². The molecular weight excluding hydrogens is 289 g/mol. The molecule has 8 heteroatoms. The number of carboxylic acids is 1. The Labute approximate surface area is 116 Å². The predicted octanol–water partition coefficient (Wildman–Crippen LogP) is 2.45. The maximum Gasteiger partial charge on any atom is 0.335 e. The van der Waals surface area contributed by atoms with Gasteiger partial charge in [0.25, 0.3) is 5.91 Å². The number of amides is 1. The number of nitrogens with zero attached hydrogens (tertiary/aromatic N) is 1. The summed E-state index contributed by atoms with van der Waals surface area (Å²) in [6, 6.07) is 3.69. The number of anilines is 1. The summed E-state index contributed by atoms with van der Waals surface area (Å²) in [7, 11) is 0. The maximum atomic E-state index is 13.6. The van der Waals surface area contributed by atoms with Gasteiger partial charge in [0.15, 0.2) is 5.82 Å². The molecule has 0 spiro atoms. The average Bonchev–Trinajstić information content (AvgIpc) is 2.43. The lowest BCUT2D eigenvalue weighted by Crippen LogP contribution is -2.16. The molecule has 1 aromatic heterocycles. The van der Waals surface area contributed by atoms with Crippen LogP contribution < -0.4 is 5.32 Å². The van der Waals surface area contributed by atoms with Crippen molar-refractivity contribution in [1.29, 1.82) is 0 Å². The first kappa shape index (κ1) is 14.5. The van der Waals surface area contributed by atoms with Gasteiger partial charge in [-0.2, -0.15) is 4.39 Å². The average molecular weight is 296 g/mol. The molecule has 0 radical (unpaired) electrons. The highest BCUT2D eigenvalue weighted by atomic mass is 19.2. The number of carboxylic acid groups (broad SMARTS) is 1. The number of aromatic nitrogens is 1. The summed E-state index contributed by atoms with van der Waals surface area (Å²) in [6.45, 7) is 0. The molecule has 0 bridgehead atoms. The molecule has 108 valence electrons. The van der Waals surface area contributed by atoms with Gasteiger partial charge in [-0.25, -0.2) is 18.6 Å². The minimum Gasteiger partial charge on any atom is -0.478 e. The minimum atomic E-state index is -1.46. The first-order valence-electron chi connectivity index (χ1n) is 5.54. The van der Waals surface area contributed by atoms with Gasteiger partial charge >= 0.3 is 5.97 Å². The predicted molar refractivity (Wildman–Crippen MR) is 65.5 cm³/mol. The third kappa shape index (κ3) is 2.99. The van der Waals surface area contributed by atoms with E-state index in [-0.39, 0.29) is 11.3 Å². The monoisotopic (exact) mass is 296 g/mol. The van der Waals surface area contributed by atoms with Crippen molar-refractivity contribution < 1.29 is 27.9 Å². The summed E-state index contributed by atoms with van der Waals surface area (Å²) in [5, 5.41) is 10.7. The fraction of sp³-hybridized carbons (Fsp3) is 0. The third-order valence-corrected chi connectivity index (χ3v) is 2.56. The van der Waals surface area contributed by atoms with Gasteiger partial charge in [-0.3, -0.25) is 4.79 Å². The van der Waals surface area contributed by atoms with Crippen molar-refractivity contribution in [2.75, 3.05) is 5.32 Å². The lowest BCUT2D eigenvalue weighted by atomic mass is 10.2. The van der Waals surface area contributed by atoms with Crippen LogP contribution >= 0.6 is 0 Å². The Morgan fingerprint density at radius 1 is 1.14 bits per heavy atom. The largest absolute Gasteiger partial charge is 0.478 e. The van der Waals surface area contributed by atoms with E-state index in [2.05, 4.69) is 4.98 Å². The third-order valence-electron chi connectivity index (χ3n) is 2.56. The molecule has 0 atom stereocenters. The van der Waals surface area contributed by atoms with Crippen LogP contribution in [0.1, 0.15) is 20.7 Å². The molecule has 0 aliphatic carbocycles. The van der Waals surface area contributed by atoms with Crippen LogP contribution in [0, 0.1) is 17.6 Å². The molecule has 0 saturated heterocycles. The van der Waals surface area contributed by atoms with E-state index in [1.54, 1.807) is 0 Å². The zero-order valence-corrected chi connectivity index (χ0v) is 10.2. The molecule has 21 heavy (non-hydrogen) atoms. The van der Waals surface area contributed by atoms with Crippen LogP contribution in [0.15, 0.2) is 30.5 Å². The Balaban J connectivity index is 2.28. The number of carbonyl (C=O) groups is 2. The van der Waals surface area contributed by atoms with Crippen LogP contribution in [0.25, 0.3) is 0 Å². The molecule has 0 saturated carbocycles. The van der Waals surface area contributed by atoms with E-state index in [1.165, 1.54) is 0 Å². The van der Waals surface area contributed by atoms with Gasteiger partial charge in [-0.15, -0.1) is 0 Å². The topological polar surface area (TPSA) is 79.3 Å². The summed E-state index contributed by atoms with van der Waals surface area (Å²) in [5.41, 5.74) is -1.32. The lowest BCUT2D eigenvalue weighted by Gasteiger charge is -2.07. The highest BCUT2D eigenvalue weighted by Gasteiger charge is 2.18. The molecular formula is C13H7F3N2O3. The lowest BCUT2D eigenvalue weighted by molar-refractivity contribution is 0.0696. The number of benzene rings is 1. The van der Waals surface area contributed by atoms with Crippen LogP contribution in [0.5, 0.6) is 0 Å². The van der Waals surface area contributed by atoms with E-state index in [9.17, 15) is 22.8 Å². The second-order valence-corrected chi connectivity index (χ2v) is 3.92. The van der Waals surface area contributed by atoms with Gasteiger partial charge in [0.05, 0.1) is 16.8 Å². The maximum absolute atomic E-state index is 13.6. The highest BCUT2D eigenvalue weighted by Crippen LogP contribution is 2.18. The van der Waals surface area contributed by atoms with E-state index in [1.807, 2.05) is 5.32 Å². The number of hydrogen-bond donors (Lipinski definition) is 2. The SMILES string of the molecule is O=C(O)c1ccc(NC(=O)c2ccnc(F)c2F)c(F)c1. The molecule has 5 nitrogen and oxygen atoms in total. The number of aromatic carboxylic acids is 1. The van der Waals surface area contributed by atoms with Gasteiger partial charge in [0.1, 0.15) is 5.82 Å². The number of nitrogens with one attached hydrogen (secondary N) is 1. The normalized spacial score (nSPS) is 10.2. The molecule has 2 aromatic rings. The Morgan fingerprint density at radius 2 is 1.86 bits per heavy atom. The van der Waals surface area contributed by atoms with Crippen molar-refractivity contribution >= 4 is 17.6 Å². The number of rotatable bonds is 3. The molecule has 0 unspecified atom stereocenters. The second-order valence-electron chi connectivity index (χ2n) is 3.92. The zero-order chi connectivity index (χ0) is 15.6. The molecule has 2 rings (SSSR count). The fourth-order valence-electron chi connectivity index (χ4n) is 1.53. The Bertz CT molecular complexity index is 735. The second kappa shape index (κ2) is 5.61. The summed E-state index contributed by atoms with van der Waals surface area (Å²) < 4.78 is 39.9. The van der Waals surface area contributed by atoms with Crippen LogP contribution in [-0.2, 0) is 0 Å². The van der Waals surface area contributed by atoms with E-state index in [4.69, 9.17) is 5.11 Å². The van der Waals surface area contributed by atoms with Gasteiger partial charge in [0.2, 0.25) is 5.95 Å². The van der Waals surface area contributed by atoms with Gasteiger partial charge < -0.3 is 10.4 Å². The van der Waals surface area contributed by atoms with Crippen molar-refractivity contribution in [1.82, 2.24) is 4.98 Å². The Kier molecular flexibility index (Phi) is 3.88. The molecule has 2 N–H and O–H groups in total. The van der Waals surface area contributed by atoms with E-state index >= 15 is 0 Å². The minimum absolute atomic E-state index is 0.313. The van der Waals surface area contributed by atoms with Crippen molar-refractivity contribution in [2.24, 2.45) is 0 Å². The van der Waals surface area contributed by atoms with Crippen LogP contribution in [-0.4, -0.2) is 22.0 Å². The van der Waals surface area contributed by atoms with Gasteiger partial charge in [-0.1, -0.05) is 0 Å². The van der Waals surface area contributed by atoms with Crippen molar-refractivity contribution in [2.45, 2.75) is 0 Å². The summed E-state index contributed by atoms with van der Waals surface area (Å²) >= 11 is 0. The molecule has 0 aliphatic heterocycles. The number of halogens is 3. The summed E-state index contributed by atoms with van der Waals surface area (Å²) in [6.07, 6.45) is 0.886. The molecule has 1 amide bonds. The zero-order valence-electron chi connectivity index (χ0n) is 10.2. The van der Waals surface area contributed by atoms with Crippen LogP contribution in [0.3, 0.4) is 0 Å². The first-order chi connectivity index (χ1) is 9.90. The molecule has 0 fully saturated rings. The smallest absolute Gasteiger partial charge is 0.335 e. The van der Waals surface area contributed by atoms with Crippen LogP contribution in [0.4, 0.5) is 18.9 Å². The fourth-order valence-corrected chi connectivity index (χ4v) is 1.53. The van der Waals surface area contributed by atoms with E-state index < -0.39 is 35.0 Å². The summed E-state index contributed by atoms with van der Waals surface area (Å²) in [4.78, 5) is 25.4. The molecule has 1 heterocycles. The van der Waals surface area contributed by atoms with E-state index in [0.29, 0.717) is 6.07 Å². The highest BCUT2D eigenvalue weighted by molar-refractivity contribution is 6.04. The number of pyridine rings is 1. The summed E-state index contributed by atoms with van der Waals surface area (Å²) in [5.74, 6) is -6.36. The Morgan fingerprint density at radius 3 is 2.48 bits per heavy atom. The van der Waals surface area contributed by atoms with Crippen molar-refractivity contribution in [3.05, 3.63) is 59.2 Å². The molecule has 1 aromatic carbocycles. The molecule has 0 aliphatic rings. The number of carbonyl (C=O) groups excluding carboxylic acids is 1. The number of hydrogen-bond acceptors (Lipinski definition) is 3. The standard InChI is InChI=1S/C13H7F3N2O3/c14-8-5-6(13(20)21)1-2-9(8)18-12(19)7-3-4-17-11(16)10(7)15/h1-5H,(H,18,19)(H,20,21). The van der Waals surface area contributed by atoms with Gasteiger partial charge in [-0.05, 0) is 24.3 Å². The first-order valence-corrected chi connectivity index (χ1v) is 5.54.